The molecule has 0 saturated heterocycles. The van der Waals surface area contributed by atoms with Crippen LogP contribution in [0.25, 0.3) is 61.7 Å². The molecule has 0 spiro atoms. The van der Waals surface area contributed by atoms with Crippen LogP contribution in [-0.2, 0) is 5.41 Å². The van der Waals surface area contributed by atoms with Gasteiger partial charge in [0.2, 0.25) is 0 Å². The molecule has 0 N–H and O–H groups in total. The third kappa shape index (κ3) is 5.10. The molecule has 0 fully saturated rings. The zero-order valence-electron chi connectivity index (χ0n) is 27.6. The molecule has 9 rings (SSSR count). The normalized spacial score (nSPS) is 18.2. The topological polar surface area (TPSA) is 38.7 Å². The molecule has 3 heteroatoms. The van der Waals surface area contributed by atoms with E-state index in [-0.39, 0.29) is 5.41 Å². The predicted molar refractivity (Wildman–Crippen MR) is 201 cm³/mol. The Hall–Kier alpha value is -5.93. The molecule has 49 heavy (non-hydrogen) atoms. The maximum Gasteiger partial charge on any atom is 0.160 e. The fraction of sp³-hybridized carbons (Fsp3) is 0.109. The second-order valence-electron chi connectivity index (χ2n) is 13.7. The van der Waals surface area contributed by atoms with E-state index in [2.05, 4.69) is 158 Å². The lowest BCUT2D eigenvalue weighted by atomic mass is 9.68. The molecule has 3 aliphatic rings. The Kier molecular flexibility index (Phi) is 6.94. The summed E-state index contributed by atoms with van der Waals surface area (Å²) in [5.74, 6) is 1.55. The van der Waals surface area contributed by atoms with Crippen LogP contribution in [-0.4, -0.2) is 15.0 Å². The lowest BCUT2D eigenvalue weighted by Crippen LogP contribution is -2.27. The Morgan fingerprint density at radius 2 is 1.24 bits per heavy atom. The molecule has 6 aromatic rings. The van der Waals surface area contributed by atoms with Gasteiger partial charge in [0.05, 0.1) is 11.4 Å². The van der Waals surface area contributed by atoms with Gasteiger partial charge in [-0.25, -0.2) is 9.97 Å². The number of hydrogen-bond donors (Lipinski definition) is 0. The Labute approximate surface area is 287 Å². The van der Waals surface area contributed by atoms with E-state index >= 15 is 0 Å². The van der Waals surface area contributed by atoms with Gasteiger partial charge in [-0.3, -0.25) is 4.98 Å². The summed E-state index contributed by atoms with van der Waals surface area (Å²) in [6.07, 6.45) is 17.5. The highest BCUT2D eigenvalue weighted by molar-refractivity contribution is 5.89. The van der Waals surface area contributed by atoms with Gasteiger partial charge in [-0.2, -0.15) is 0 Å². The van der Waals surface area contributed by atoms with E-state index < -0.39 is 0 Å². The third-order valence-corrected chi connectivity index (χ3v) is 10.4. The minimum absolute atomic E-state index is 0.0554. The van der Waals surface area contributed by atoms with E-state index in [1.807, 2.05) is 18.3 Å². The second-order valence-corrected chi connectivity index (χ2v) is 13.7. The predicted octanol–water partition coefficient (Wildman–Crippen LogP) is 11.2. The number of hydrogen-bond acceptors (Lipinski definition) is 3. The molecule has 4 aromatic carbocycles. The molecular formula is C46H35N3. The number of allylic oxidation sites excluding steroid dienone is 8. The molecular weight excluding hydrogens is 595 g/mol. The summed E-state index contributed by atoms with van der Waals surface area (Å²) in [7, 11) is 0. The third-order valence-electron chi connectivity index (χ3n) is 10.4. The molecule has 3 aliphatic carbocycles. The number of pyridine rings is 1. The van der Waals surface area contributed by atoms with Crippen LogP contribution in [0.2, 0.25) is 0 Å². The van der Waals surface area contributed by atoms with Crippen molar-refractivity contribution in [1.82, 2.24) is 15.0 Å². The molecule has 0 saturated carbocycles. The standard InChI is InChI=1S/C46H35N3/c1-46(2)41-27-35(22-23-39(41)40-24-21-31-10-6-7-16-38(31)44(40)46)34-13-8-14-36(26-34)43-28-42(32-11-4-3-5-12-32)48-45(49-43)33-19-17-30(18-20-33)37-15-9-25-47-29-37/h3-29,31,38H,1-2H3. The number of benzene rings is 4. The van der Waals surface area contributed by atoms with Gasteiger partial charge in [0.25, 0.3) is 0 Å². The first-order valence-electron chi connectivity index (χ1n) is 17.0. The lowest BCUT2D eigenvalue weighted by Gasteiger charge is -2.35. The summed E-state index contributed by atoms with van der Waals surface area (Å²) in [6, 6.07) is 40.8. The summed E-state index contributed by atoms with van der Waals surface area (Å²) < 4.78 is 0. The van der Waals surface area contributed by atoms with Gasteiger partial charge < -0.3 is 0 Å². The Bertz CT molecular complexity index is 2340. The highest BCUT2D eigenvalue weighted by Gasteiger charge is 2.43. The van der Waals surface area contributed by atoms with Crippen LogP contribution in [0.15, 0.2) is 170 Å². The van der Waals surface area contributed by atoms with Crippen molar-refractivity contribution < 1.29 is 0 Å². The van der Waals surface area contributed by atoms with Gasteiger partial charge in [0, 0.05) is 46.3 Å². The molecule has 0 amide bonds. The van der Waals surface area contributed by atoms with E-state index in [4.69, 9.17) is 9.97 Å². The lowest BCUT2D eigenvalue weighted by molar-refractivity contribution is 0.511. The highest BCUT2D eigenvalue weighted by atomic mass is 14.9. The quantitative estimate of drug-likeness (QED) is 0.190. The summed E-state index contributed by atoms with van der Waals surface area (Å²) in [5.41, 5.74) is 15.1. The molecule has 2 atom stereocenters. The van der Waals surface area contributed by atoms with E-state index in [0.29, 0.717) is 17.7 Å². The largest absolute Gasteiger partial charge is 0.264 e. The van der Waals surface area contributed by atoms with E-state index in [1.54, 1.807) is 6.20 Å². The van der Waals surface area contributed by atoms with Crippen molar-refractivity contribution in [3.05, 3.63) is 181 Å². The zero-order chi connectivity index (χ0) is 33.0. The van der Waals surface area contributed by atoms with Crippen LogP contribution >= 0.6 is 0 Å². The van der Waals surface area contributed by atoms with Crippen molar-refractivity contribution in [2.24, 2.45) is 11.8 Å². The summed E-state index contributed by atoms with van der Waals surface area (Å²) in [6.45, 7) is 4.79. The van der Waals surface area contributed by atoms with Crippen LogP contribution in [0.1, 0.15) is 25.0 Å². The first-order chi connectivity index (χ1) is 24.0. The van der Waals surface area contributed by atoms with E-state index in [1.165, 1.54) is 33.4 Å². The Morgan fingerprint density at radius 1 is 0.551 bits per heavy atom. The zero-order valence-corrected chi connectivity index (χ0v) is 27.6. The average Bonchev–Trinajstić information content (AvgIpc) is 3.41. The van der Waals surface area contributed by atoms with Crippen molar-refractivity contribution in [3.63, 3.8) is 0 Å². The fourth-order valence-corrected chi connectivity index (χ4v) is 7.87. The molecule has 234 valence electrons. The average molecular weight is 630 g/mol. The number of fused-ring (bicyclic) bond motifs is 4. The van der Waals surface area contributed by atoms with Crippen LogP contribution in [0.3, 0.4) is 0 Å². The van der Waals surface area contributed by atoms with Gasteiger partial charge in [-0.1, -0.05) is 141 Å². The minimum Gasteiger partial charge on any atom is -0.264 e. The van der Waals surface area contributed by atoms with Crippen LogP contribution < -0.4 is 0 Å². The van der Waals surface area contributed by atoms with Crippen LogP contribution in [0.5, 0.6) is 0 Å². The molecule has 0 aliphatic heterocycles. The van der Waals surface area contributed by atoms with Crippen molar-refractivity contribution in [1.29, 1.82) is 0 Å². The maximum atomic E-state index is 5.16. The van der Waals surface area contributed by atoms with Crippen molar-refractivity contribution in [2.45, 2.75) is 19.3 Å². The SMILES string of the molecule is CC1(C)C2=C(C=CC3C=CC=CC23)c2ccc(-c3cccc(-c4cc(-c5ccccc5)nc(-c5ccc(-c6cccnc6)cc5)n4)c3)cc21. The minimum atomic E-state index is -0.0554. The first kappa shape index (κ1) is 29.2. The summed E-state index contributed by atoms with van der Waals surface area (Å²) >= 11 is 0. The molecule has 3 nitrogen and oxygen atoms in total. The van der Waals surface area contributed by atoms with Crippen molar-refractivity contribution in [3.8, 4) is 56.2 Å². The van der Waals surface area contributed by atoms with Crippen molar-refractivity contribution in [2.75, 3.05) is 0 Å². The molecule has 0 bridgehead atoms. The number of aromatic nitrogens is 3. The molecule has 2 aromatic heterocycles. The van der Waals surface area contributed by atoms with Gasteiger partial charge in [-0.15, -0.1) is 0 Å². The second kappa shape index (κ2) is 11.6. The molecule has 2 unspecified atom stereocenters. The smallest absolute Gasteiger partial charge is 0.160 e. The van der Waals surface area contributed by atoms with Crippen LogP contribution in [0.4, 0.5) is 0 Å². The molecule has 2 heterocycles. The van der Waals surface area contributed by atoms with Crippen LogP contribution in [0, 0.1) is 11.8 Å². The van der Waals surface area contributed by atoms with Gasteiger partial charge in [-0.05, 0) is 68.8 Å². The monoisotopic (exact) mass is 629 g/mol. The number of rotatable bonds is 5. The van der Waals surface area contributed by atoms with Gasteiger partial charge in [0.15, 0.2) is 5.82 Å². The maximum absolute atomic E-state index is 5.16. The van der Waals surface area contributed by atoms with Gasteiger partial charge >= 0.3 is 0 Å². The van der Waals surface area contributed by atoms with E-state index in [9.17, 15) is 0 Å². The molecule has 0 radical (unpaired) electrons. The summed E-state index contributed by atoms with van der Waals surface area (Å²) in [5, 5.41) is 0. The van der Waals surface area contributed by atoms with Crippen molar-refractivity contribution >= 4 is 5.57 Å². The Balaban J connectivity index is 1.10. The summed E-state index contributed by atoms with van der Waals surface area (Å²) in [4.78, 5) is 14.5. The fourth-order valence-electron chi connectivity index (χ4n) is 7.87. The first-order valence-corrected chi connectivity index (χ1v) is 17.0. The Morgan fingerprint density at radius 3 is 2.06 bits per heavy atom. The van der Waals surface area contributed by atoms with Gasteiger partial charge in [0.1, 0.15) is 0 Å². The highest BCUT2D eigenvalue weighted by Crippen LogP contribution is 2.54. The number of nitrogens with zero attached hydrogens (tertiary/aromatic N) is 3. The van der Waals surface area contributed by atoms with E-state index in [0.717, 1.165) is 39.2 Å².